The van der Waals surface area contributed by atoms with Crippen LogP contribution in [0.15, 0.2) is 24.4 Å². The molecule has 0 N–H and O–H groups in total. The summed E-state index contributed by atoms with van der Waals surface area (Å²) in [5, 5.41) is 0.803. The number of methoxy groups -OCH3 is 1. The van der Waals surface area contributed by atoms with Gasteiger partial charge in [0.2, 0.25) is 5.91 Å². The third kappa shape index (κ3) is 4.20. The van der Waals surface area contributed by atoms with Gasteiger partial charge in [0.25, 0.3) is 0 Å². The molecule has 2 heterocycles. The number of likely N-dealkylation sites (N-methyl/N-ethyl adjacent to an activating group) is 1. The quantitative estimate of drug-likeness (QED) is 0.744. The Morgan fingerprint density at radius 3 is 2.88 bits per heavy atom. The number of aromatic nitrogens is 1. The van der Waals surface area contributed by atoms with E-state index in [1.807, 2.05) is 13.0 Å². The molecule has 1 atom stereocenters. The van der Waals surface area contributed by atoms with Crippen molar-refractivity contribution in [3.63, 3.8) is 0 Å². The molecule has 1 aliphatic heterocycles. The topological polar surface area (TPSA) is 78.0 Å². The van der Waals surface area contributed by atoms with Crippen LogP contribution < -0.4 is 4.74 Å². The molecule has 1 amide bonds. The van der Waals surface area contributed by atoms with Crippen LogP contribution >= 0.6 is 11.3 Å². The molecule has 1 aromatic heterocycles. The van der Waals surface area contributed by atoms with E-state index in [9.17, 15) is 9.59 Å². The van der Waals surface area contributed by atoms with Crippen LogP contribution in [0.1, 0.15) is 15.2 Å². The monoisotopic (exact) mass is 376 g/mol. The van der Waals surface area contributed by atoms with Crippen LogP contribution in [0.3, 0.4) is 0 Å². The van der Waals surface area contributed by atoms with Crippen molar-refractivity contribution in [1.82, 2.24) is 9.88 Å². The Bertz CT molecular complexity index is 820. The number of morpholine rings is 1. The standard InChI is InChI=1S/C18H20N2O5S/c1-11-7-19-17(26-11)12-4-13(18(22)23-3)6-14(5-12)24-9-15-8-20(2)16(21)10-25-15/h4-7,15H,8-10H2,1-3H3/t15-/m0/s1. The van der Waals surface area contributed by atoms with Crippen LogP contribution in [0.5, 0.6) is 5.75 Å². The Morgan fingerprint density at radius 1 is 1.42 bits per heavy atom. The summed E-state index contributed by atoms with van der Waals surface area (Å²) in [6.45, 7) is 2.77. The maximum absolute atomic E-state index is 12.0. The van der Waals surface area contributed by atoms with Gasteiger partial charge in [-0.1, -0.05) is 0 Å². The van der Waals surface area contributed by atoms with E-state index in [2.05, 4.69) is 4.98 Å². The van der Waals surface area contributed by atoms with Gasteiger partial charge in [-0.25, -0.2) is 9.78 Å². The number of hydrogen-bond donors (Lipinski definition) is 0. The predicted octanol–water partition coefficient (Wildman–Crippen LogP) is 2.14. The van der Waals surface area contributed by atoms with Crippen LogP contribution in [-0.2, 0) is 14.3 Å². The summed E-state index contributed by atoms with van der Waals surface area (Å²) < 4.78 is 16.1. The van der Waals surface area contributed by atoms with Crippen molar-refractivity contribution >= 4 is 23.2 Å². The van der Waals surface area contributed by atoms with Crippen molar-refractivity contribution in [3.05, 3.63) is 34.8 Å². The van der Waals surface area contributed by atoms with E-state index in [0.717, 1.165) is 15.4 Å². The lowest BCUT2D eigenvalue weighted by Crippen LogP contribution is -2.46. The van der Waals surface area contributed by atoms with Gasteiger partial charge in [0.05, 0.1) is 12.7 Å². The van der Waals surface area contributed by atoms with E-state index >= 15 is 0 Å². The van der Waals surface area contributed by atoms with Gasteiger partial charge in [-0.3, -0.25) is 4.79 Å². The van der Waals surface area contributed by atoms with E-state index in [1.54, 1.807) is 30.3 Å². The summed E-state index contributed by atoms with van der Waals surface area (Å²) in [4.78, 5) is 30.5. The maximum Gasteiger partial charge on any atom is 0.338 e. The molecular weight excluding hydrogens is 356 g/mol. The second kappa shape index (κ2) is 7.84. The zero-order chi connectivity index (χ0) is 18.7. The van der Waals surface area contributed by atoms with Crippen molar-refractivity contribution in [3.8, 4) is 16.3 Å². The number of hydrogen-bond acceptors (Lipinski definition) is 7. The normalized spacial score (nSPS) is 17.3. The van der Waals surface area contributed by atoms with Gasteiger partial charge < -0.3 is 19.1 Å². The largest absolute Gasteiger partial charge is 0.491 e. The SMILES string of the molecule is COC(=O)c1cc(OC[C@@H]2CN(C)C(=O)CO2)cc(-c2ncc(C)s2)c1. The highest BCUT2D eigenvalue weighted by Gasteiger charge is 2.24. The number of aryl methyl sites for hydroxylation is 1. The summed E-state index contributed by atoms with van der Waals surface area (Å²) in [6.07, 6.45) is 1.57. The van der Waals surface area contributed by atoms with E-state index in [1.165, 1.54) is 18.4 Å². The number of carbonyl (C=O) groups is 2. The first-order valence-electron chi connectivity index (χ1n) is 8.11. The Hall–Kier alpha value is -2.45. The molecule has 3 rings (SSSR count). The Kier molecular flexibility index (Phi) is 5.53. The number of rotatable bonds is 5. The molecule has 2 aromatic rings. The molecule has 1 fully saturated rings. The molecule has 7 nitrogen and oxygen atoms in total. The van der Waals surface area contributed by atoms with Crippen molar-refractivity contribution in [2.75, 3.05) is 33.9 Å². The van der Waals surface area contributed by atoms with Crippen LogP contribution in [0, 0.1) is 6.92 Å². The fraction of sp³-hybridized carbons (Fsp3) is 0.389. The summed E-state index contributed by atoms with van der Waals surface area (Å²) in [7, 11) is 3.07. The minimum Gasteiger partial charge on any atom is -0.491 e. The molecule has 0 aliphatic carbocycles. The van der Waals surface area contributed by atoms with Gasteiger partial charge in [-0.15, -0.1) is 11.3 Å². The minimum atomic E-state index is -0.441. The Labute approximate surface area is 155 Å². The number of esters is 1. The molecule has 1 aromatic carbocycles. The van der Waals surface area contributed by atoms with E-state index < -0.39 is 5.97 Å². The molecule has 138 valence electrons. The first-order chi connectivity index (χ1) is 12.5. The lowest BCUT2D eigenvalue weighted by molar-refractivity contribution is -0.148. The molecule has 1 saturated heterocycles. The van der Waals surface area contributed by atoms with Gasteiger partial charge >= 0.3 is 5.97 Å². The fourth-order valence-corrected chi connectivity index (χ4v) is 3.33. The summed E-state index contributed by atoms with van der Waals surface area (Å²) >= 11 is 1.54. The van der Waals surface area contributed by atoms with Crippen molar-refractivity contribution in [2.24, 2.45) is 0 Å². The summed E-state index contributed by atoms with van der Waals surface area (Å²) in [5.41, 5.74) is 1.18. The zero-order valence-corrected chi connectivity index (χ0v) is 15.7. The number of benzene rings is 1. The second-order valence-electron chi connectivity index (χ2n) is 6.03. The smallest absolute Gasteiger partial charge is 0.338 e. The number of nitrogens with zero attached hydrogens (tertiary/aromatic N) is 2. The molecule has 1 aliphatic rings. The van der Waals surface area contributed by atoms with Gasteiger partial charge in [-0.2, -0.15) is 0 Å². The number of amides is 1. The van der Waals surface area contributed by atoms with Crippen molar-refractivity contribution in [1.29, 1.82) is 0 Å². The fourth-order valence-electron chi connectivity index (χ4n) is 2.58. The average molecular weight is 376 g/mol. The molecule has 0 bridgehead atoms. The molecule has 0 spiro atoms. The molecule has 0 unspecified atom stereocenters. The lowest BCUT2D eigenvalue weighted by Gasteiger charge is -2.29. The van der Waals surface area contributed by atoms with Gasteiger partial charge in [0.15, 0.2) is 0 Å². The van der Waals surface area contributed by atoms with E-state index in [0.29, 0.717) is 17.9 Å². The van der Waals surface area contributed by atoms with Crippen LogP contribution in [0.25, 0.3) is 10.6 Å². The highest BCUT2D eigenvalue weighted by Crippen LogP contribution is 2.30. The number of ether oxygens (including phenoxy) is 3. The van der Waals surface area contributed by atoms with Crippen LogP contribution in [0.2, 0.25) is 0 Å². The van der Waals surface area contributed by atoms with Gasteiger partial charge in [0, 0.05) is 30.2 Å². The highest BCUT2D eigenvalue weighted by molar-refractivity contribution is 7.14. The van der Waals surface area contributed by atoms with E-state index in [4.69, 9.17) is 14.2 Å². The van der Waals surface area contributed by atoms with Gasteiger partial charge in [0.1, 0.15) is 30.1 Å². The Balaban J connectivity index is 1.79. The van der Waals surface area contributed by atoms with Crippen LogP contribution in [0.4, 0.5) is 0 Å². The Morgan fingerprint density at radius 2 is 2.23 bits per heavy atom. The number of thiazole rings is 1. The zero-order valence-electron chi connectivity index (χ0n) is 14.9. The first kappa shape index (κ1) is 18.3. The minimum absolute atomic E-state index is 0.0460. The van der Waals surface area contributed by atoms with Gasteiger partial charge in [-0.05, 0) is 25.1 Å². The summed E-state index contributed by atoms with van der Waals surface area (Å²) in [5.74, 6) is 0.0403. The lowest BCUT2D eigenvalue weighted by atomic mass is 10.1. The van der Waals surface area contributed by atoms with Crippen molar-refractivity contribution < 1.29 is 23.8 Å². The number of carbonyl (C=O) groups excluding carboxylic acids is 2. The average Bonchev–Trinajstić information content (AvgIpc) is 3.08. The van der Waals surface area contributed by atoms with E-state index in [-0.39, 0.29) is 25.2 Å². The highest BCUT2D eigenvalue weighted by atomic mass is 32.1. The second-order valence-corrected chi connectivity index (χ2v) is 7.27. The third-order valence-corrected chi connectivity index (χ3v) is 4.94. The molecule has 0 saturated carbocycles. The van der Waals surface area contributed by atoms with Crippen molar-refractivity contribution in [2.45, 2.75) is 13.0 Å². The summed E-state index contributed by atoms with van der Waals surface area (Å²) in [6, 6.07) is 5.20. The van der Waals surface area contributed by atoms with Crippen LogP contribution in [-0.4, -0.2) is 61.8 Å². The maximum atomic E-state index is 12.0. The molecule has 8 heteroatoms. The first-order valence-corrected chi connectivity index (χ1v) is 8.92. The predicted molar refractivity (Wildman–Crippen MR) is 96.5 cm³/mol. The molecule has 0 radical (unpaired) electrons. The molecule has 26 heavy (non-hydrogen) atoms. The third-order valence-electron chi connectivity index (χ3n) is 3.98. The molecular formula is C18H20N2O5S.